The summed E-state index contributed by atoms with van der Waals surface area (Å²) >= 11 is 0. The van der Waals surface area contributed by atoms with Gasteiger partial charge in [0, 0.05) is 5.54 Å². The van der Waals surface area contributed by atoms with Crippen molar-refractivity contribution in [1.82, 2.24) is 5.32 Å². The lowest BCUT2D eigenvalue weighted by atomic mass is 10.1. The summed E-state index contributed by atoms with van der Waals surface area (Å²) in [7, 11) is 1.85. The smallest absolute Gasteiger partial charge is 0.308 e. The van der Waals surface area contributed by atoms with Crippen LogP contribution in [0.25, 0.3) is 0 Å². The van der Waals surface area contributed by atoms with Crippen LogP contribution in [0.5, 0.6) is 0 Å². The summed E-state index contributed by atoms with van der Waals surface area (Å²) in [6.07, 6.45) is 0. The van der Waals surface area contributed by atoms with Crippen molar-refractivity contribution in [3.8, 4) is 0 Å². The molecule has 0 fully saturated rings. The molecule has 0 aromatic heterocycles. The molecule has 0 aromatic rings. The van der Waals surface area contributed by atoms with E-state index in [-0.39, 0.29) is 17.4 Å². The Morgan fingerprint density at radius 3 is 2.33 bits per heavy atom. The fraction of sp³-hybridized carbons (Fsp3) is 0.889. The third-order valence-electron chi connectivity index (χ3n) is 1.72. The van der Waals surface area contributed by atoms with Gasteiger partial charge in [-0.25, -0.2) is 0 Å². The first-order chi connectivity index (χ1) is 5.39. The molecule has 0 amide bonds. The number of hydrogen-bond acceptors (Lipinski definition) is 3. The predicted molar refractivity (Wildman–Crippen MR) is 48.9 cm³/mol. The zero-order valence-electron chi connectivity index (χ0n) is 8.60. The molecule has 3 nitrogen and oxygen atoms in total. The summed E-state index contributed by atoms with van der Waals surface area (Å²) in [5.74, 6) is -0.184. The molecule has 0 saturated heterocycles. The molecular weight excluding hydrogens is 154 g/mol. The van der Waals surface area contributed by atoms with Crippen LogP contribution in [0.3, 0.4) is 0 Å². The summed E-state index contributed by atoms with van der Waals surface area (Å²) in [4.78, 5) is 11.1. The van der Waals surface area contributed by atoms with E-state index in [2.05, 4.69) is 5.32 Å². The Hall–Kier alpha value is -0.570. The zero-order valence-corrected chi connectivity index (χ0v) is 8.60. The number of ether oxygens (including phenoxy) is 1. The van der Waals surface area contributed by atoms with Gasteiger partial charge >= 0.3 is 5.97 Å². The van der Waals surface area contributed by atoms with Crippen molar-refractivity contribution in [1.29, 1.82) is 0 Å². The molecule has 0 aromatic carbocycles. The van der Waals surface area contributed by atoms with Crippen molar-refractivity contribution in [2.24, 2.45) is 5.92 Å². The number of hydrogen-bond donors (Lipinski definition) is 1. The molecule has 12 heavy (non-hydrogen) atoms. The maximum atomic E-state index is 11.1. The average Bonchev–Trinajstić information content (AvgIpc) is 2.00. The lowest BCUT2D eigenvalue weighted by Gasteiger charge is -2.23. The van der Waals surface area contributed by atoms with Crippen molar-refractivity contribution in [2.75, 3.05) is 13.7 Å². The molecule has 0 spiro atoms. The van der Waals surface area contributed by atoms with Gasteiger partial charge in [0.1, 0.15) is 6.61 Å². The van der Waals surface area contributed by atoms with Gasteiger partial charge in [-0.05, 0) is 20.9 Å². The van der Waals surface area contributed by atoms with Gasteiger partial charge in [-0.3, -0.25) is 4.79 Å². The zero-order chi connectivity index (χ0) is 9.78. The molecule has 0 atom stereocenters. The van der Waals surface area contributed by atoms with Gasteiger partial charge in [0.2, 0.25) is 0 Å². The third-order valence-corrected chi connectivity index (χ3v) is 1.72. The lowest BCUT2D eigenvalue weighted by Crippen LogP contribution is -2.41. The van der Waals surface area contributed by atoms with Crippen LogP contribution in [0.1, 0.15) is 27.7 Å². The van der Waals surface area contributed by atoms with E-state index in [9.17, 15) is 4.79 Å². The molecule has 0 aliphatic rings. The Kier molecular flexibility index (Phi) is 4.24. The summed E-state index contributed by atoms with van der Waals surface area (Å²) in [5.41, 5.74) is -0.134. The summed E-state index contributed by atoms with van der Waals surface area (Å²) < 4.78 is 5.06. The number of esters is 1. The Morgan fingerprint density at radius 2 is 2.00 bits per heavy atom. The van der Waals surface area contributed by atoms with Crippen LogP contribution in [0, 0.1) is 5.92 Å². The molecule has 0 unspecified atom stereocenters. The van der Waals surface area contributed by atoms with Gasteiger partial charge in [-0.2, -0.15) is 0 Å². The fourth-order valence-corrected chi connectivity index (χ4v) is 0.490. The second-order valence-electron chi connectivity index (χ2n) is 3.90. The minimum absolute atomic E-state index is 0.0438. The van der Waals surface area contributed by atoms with Crippen LogP contribution in [0.15, 0.2) is 0 Å². The topological polar surface area (TPSA) is 38.3 Å². The average molecular weight is 173 g/mol. The predicted octanol–water partition coefficient (Wildman–Crippen LogP) is 1.18. The highest BCUT2D eigenvalue weighted by molar-refractivity contribution is 5.71. The van der Waals surface area contributed by atoms with E-state index < -0.39 is 0 Å². The maximum absolute atomic E-state index is 11.1. The van der Waals surface area contributed by atoms with E-state index in [1.165, 1.54) is 0 Å². The minimum atomic E-state index is -0.140. The highest BCUT2D eigenvalue weighted by Crippen LogP contribution is 2.04. The van der Waals surface area contributed by atoms with Crippen LogP contribution in [0.2, 0.25) is 0 Å². The van der Waals surface area contributed by atoms with E-state index in [4.69, 9.17) is 4.74 Å². The first kappa shape index (κ1) is 11.4. The van der Waals surface area contributed by atoms with Crippen LogP contribution in [0.4, 0.5) is 0 Å². The van der Waals surface area contributed by atoms with E-state index >= 15 is 0 Å². The van der Waals surface area contributed by atoms with Gasteiger partial charge in [-0.1, -0.05) is 13.8 Å². The number of carbonyl (C=O) groups is 1. The molecule has 3 heteroatoms. The largest absolute Gasteiger partial charge is 0.464 e. The number of nitrogens with one attached hydrogen (secondary N) is 1. The van der Waals surface area contributed by atoms with Gasteiger partial charge < -0.3 is 10.1 Å². The third kappa shape index (κ3) is 4.34. The van der Waals surface area contributed by atoms with Crippen LogP contribution in [-0.2, 0) is 9.53 Å². The van der Waals surface area contributed by atoms with E-state index in [1.54, 1.807) is 0 Å². The summed E-state index contributed by atoms with van der Waals surface area (Å²) in [6, 6.07) is 0. The number of likely N-dealkylation sites (N-methyl/N-ethyl adjacent to an activating group) is 1. The normalized spacial score (nSPS) is 11.8. The molecule has 0 radical (unpaired) electrons. The standard InChI is InChI=1S/C9H19NO2/c1-7(2)8(11)12-6-9(3,4)10-5/h7,10H,6H2,1-5H3. The SMILES string of the molecule is CNC(C)(C)COC(=O)C(C)C. The molecular formula is C9H19NO2. The van der Waals surface area contributed by atoms with Crippen molar-refractivity contribution < 1.29 is 9.53 Å². The fourth-order valence-electron chi connectivity index (χ4n) is 0.490. The van der Waals surface area contributed by atoms with Crippen molar-refractivity contribution in [2.45, 2.75) is 33.2 Å². The molecule has 0 heterocycles. The van der Waals surface area contributed by atoms with Gasteiger partial charge in [0.25, 0.3) is 0 Å². The molecule has 0 aliphatic carbocycles. The van der Waals surface area contributed by atoms with Crippen molar-refractivity contribution in [3.63, 3.8) is 0 Å². The highest BCUT2D eigenvalue weighted by atomic mass is 16.5. The summed E-state index contributed by atoms with van der Waals surface area (Å²) in [5, 5.41) is 3.06. The van der Waals surface area contributed by atoms with E-state index in [0.29, 0.717) is 6.61 Å². The second-order valence-corrected chi connectivity index (χ2v) is 3.90. The molecule has 0 rings (SSSR count). The molecule has 72 valence electrons. The monoisotopic (exact) mass is 173 g/mol. The van der Waals surface area contributed by atoms with Gasteiger partial charge in [0.15, 0.2) is 0 Å². The molecule has 1 N–H and O–H groups in total. The first-order valence-corrected chi connectivity index (χ1v) is 4.24. The Bertz CT molecular complexity index is 153. The first-order valence-electron chi connectivity index (χ1n) is 4.24. The van der Waals surface area contributed by atoms with E-state index in [1.807, 2.05) is 34.7 Å². The van der Waals surface area contributed by atoms with Gasteiger partial charge in [-0.15, -0.1) is 0 Å². The quantitative estimate of drug-likeness (QED) is 0.649. The highest BCUT2D eigenvalue weighted by Gasteiger charge is 2.18. The van der Waals surface area contributed by atoms with Crippen LogP contribution < -0.4 is 5.32 Å². The number of carbonyl (C=O) groups excluding carboxylic acids is 1. The van der Waals surface area contributed by atoms with Crippen LogP contribution >= 0.6 is 0 Å². The Labute approximate surface area is 74.5 Å². The molecule has 0 bridgehead atoms. The number of rotatable bonds is 4. The molecule has 0 aliphatic heterocycles. The Balaban J connectivity index is 3.76. The minimum Gasteiger partial charge on any atom is -0.464 e. The van der Waals surface area contributed by atoms with Crippen LogP contribution in [-0.4, -0.2) is 25.2 Å². The van der Waals surface area contributed by atoms with Gasteiger partial charge in [0.05, 0.1) is 5.92 Å². The van der Waals surface area contributed by atoms with Crippen molar-refractivity contribution in [3.05, 3.63) is 0 Å². The van der Waals surface area contributed by atoms with E-state index in [0.717, 1.165) is 0 Å². The maximum Gasteiger partial charge on any atom is 0.308 e. The Morgan fingerprint density at radius 1 is 1.50 bits per heavy atom. The summed E-state index contributed by atoms with van der Waals surface area (Å²) in [6.45, 7) is 8.05. The van der Waals surface area contributed by atoms with Crippen molar-refractivity contribution >= 4 is 5.97 Å². The molecule has 0 saturated carbocycles. The second kappa shape index (κ2) is 4.45. The lowest BCUT2D eigenvalue weighted by molar-refractivity contribution is -0.149.